The van der Waals surface area contributed by atoms with Crippen LogP contribution in [-0.4, -0.2) is 38.6 Å². The number of aromatic nitrogens is 3. The summed E-state index contributed by atoms with van der Waals surface area (Å²) in [6, 6.07) is 12.7. The Kier molecular flexibility index (Phi) is 8.81. The third kappa shape index (κ3) is 6.04. The average Bonchev–Trinajstić information content (AvgIpc) is 3.63. The van der Waals surface area contributed by atoms with Crippen molar-refractivity contribution >= 4 is 51.3 Å². The number of nitrogens with zero attached hydrogens (tertiary/aromatic N) is 4. The topological polar surface area (TPSA) is 106 Å². The second kappa shape index (κ2) is 12.5. The zero-order chi connectivity index (χ0) is 29.1. The highest BCUT2D eigenvalue weighted by atomic mass is 32.2. The number of Topliss-reactive ketones (excluding diaryl/α,β-unsaturated/α-hetero) is 1. The predicted octanol–water partition coefficient (Wildman–Crippen LogP) is 7.00. The number of thioether (sulfide) groups is 1. The number of aliphatic hydroxyl groups excluding tert-OH is 1. The molecule has 2 aromatic carbocycles. The Morgan fingerprint density at radius 3 is 2.68 bits per heavy atom. The monoisotopic (exact) mass is 610 g/mol. The Morgan fingerprint density at radius 1 is 1.15 bits per heavy atom. The number of carbonyl (C=O) groups is 2. The van der Waals surface area contributed by atoms with Crippen molar-refractivity contribution in [1.29, 1.82) is 0 Å². The molecule has 0 radical (unpaired) electrons. The van der Waals surface area contributed by atoms with E-state index < -0.39 is 23.5 Å². The number of hydrogen-bond donors (Lipinski definition) is 1. The van der Waals surface area contributed by atoms with Gasteiger partial charge in [0.05, 0.1) is 33.8 Å². The van der Waals surface area contributed by atoms with Gasteiger partial charge in [0, 0.05) is 5.75 Å². The summed E-state index contributed by atoms with van der Waals surface area (Å²) < 4.78 is 20.5. The van der Waals surface area contributed by atoms with Crippen molar-refractivity contribution in [2.45, 2.75) is 49.7 Å². The van der Waals surface area contributed by atoms with Crippen LogP contribution >= 0.6 is 34.4 Å². The van der Waals surface area contributed by atoms with E-state index in [1.165, 1.54) is 34.1 Å². The number of hydrogen-bond acceptors (Lipinski definition) is 10. The summed E-state index contributed by atoms with van der Waals surface area (Å²) in [5.41, 5.74) is 1.58. The van der Waals surface area contributed by atoms with Crippen LogP contribution < -0.4 is 9.64 Å². The Balaban J connectivity index is 1.51. The van der Waals surface area contributed by atoms with Gasteiger partial charge in [-0.15, -0.1) is 21.5 Å². The molecule has 12 heteroatoms. The molecule has 0 bridgehead atoms. The van der Waals surface area contributed by atoms with Crippen LogP contribution in [-0.2, 0) is 10.5 Å². The molecule has 212 valence electrons. The first-order valence-electron chi connectivity index (χ1n) is 13.0. The Bertz CT molecular complexity index is 1630. The molecule has 8 nitrogen and oxygen atoms in total. The van der Waals surface area contributed by atoms with E-state index in [1.807, 2.05) is 6.07 Å². The number of anilines is 1. The molecule has 5 rings (SSSR count). The summed E-state index contributed by atoms with van der Waals surface area (Å²) in [6.45, 7) is 6.12. The summed E-state index contributed by atoms with van der Waals surface area (Å²) in [7, 11) is 0. The number of rotatable bonds is 11. The molecule has 2 aromatic heterocycles. The van der Waals surface area contributed by atoms with Crippen molar-refractivity contribution in [2.24, 2.45) is 0 Å². The second-order valence-electron chi connectivity index (χ2n) is 9.32. The number of aliphatic hydroxyl groups is 1. The van der Waals surface area contributed by atoms with E-state index in [1.54, 1.807) is 50.2 Å². The summed E-state index contributed by atoms with van der Waals surface area (Å²) in [4.78, 5) is 33.4. The van der Waals surface area contributed by atoms with Gasteiger partial charge in [-0.1, -0.05) is 66.8 Å². The molecule has 1 atom stereocenters. The summed E-state index contributed by atoms with van der Waals surface area (Å²) >= 11 is 3.63. The summed E-state index contributed by atoms with van der Waals surface area (Å²) in [6.07, 6.45) is 1.85. The normalized spacial score (nSPS) is 15.2. The smallest absolute Gasteiger partial charge is 0.296 e. The van der Waals surface area contributed by atoms with Crippen molar-refractivity contribution in [3.63, 3.8) is 0 Å². The molecule has 3 heterocycles. The highest BCUT2D eigenvalue weighted by Crippen LogP contribution is 2.45. The minimum atomic E-state index is -0.969. The summed E-state index contributed by atoms with van der Waals surface area (Å²) in [5.74, 6) is -1.26. The van der Waals surface area contributed by atoms with E-state index in [0.29, 0.717) is 49.2 Å². The maximum atomic E-state index is 14.1. The van der Waals surface area contributed by atoms with E-state index in [0.717, 1.165) is 24.2 Å². The number of aryl methyl sites for hydroxylation is 2. The average molecular weight is 611 g/mol. The fourth-order valence-electron chi connectivity index (χ4n) is 4.44. The number of carbonyl (C=O) groups excluding carboxylic acids is 2. The van der Waals surface area contributed by atoms with Crippen molar-refractivity contribution in [1.82, 2.24) is 15.2 Å². The van der Waals surface area contributed by atoms with Gasteiger partial charge in [-0.25, -0.2) is 9.37 Å². The molecule has 0 saturated carbocycles. The molecule has 1 aliphatic heterocycles. The molecule has 0 spiro atoms. The van der Waals surface area contributed by atoms with E-state index in [2.05, 4.69) is 22.1 Å². The Morgan fingerprint density at radius 2 is 1.95 bits per heavy atom. The number of ketones is 1. The molecule has 4 aromatic rings. The highest BCUT2D eigenvalue weighted by Gasteiger charge is 2.46. The zero-order valence-corrected chi connectivity index (χ0v) is 25.0. The molecule has 41 heavy (non-hydrogen) atoms. The quantitative estimate of drug-likeness (QED) is 0.0837. The van der Waals surface area contributed by atoms with Crippen molar-refractivity contribution in [3.05, 3.63) is 92.4 Å². The van der Waals surface area contributed by atoms with E-state index >= 15 is 0 Å². The molecule has 1 amide bonds. The standard InChI is InChI=1S/C29H27FN4O4S3/c1-4-5-13-38-20-11-8-10-18(14-20)23-22(24(35)26-16(2)31-17(3)40-26)25(36)27(37)34(23)28-32-33-29(41-28)39-15-19-9-6-7-12-21(19)30/h6-12,14,23,36H,4-5,13,15H2,1-3H3. The van der Waals surface area contributed by atoms with Gasteiger partial charge in [-0.05, 0) is 49.6 Å². The van der Waals surface area contributed by atoms with Gasteiger partial charge in [-0.3, -0.25) is 14.5 Å². The van der Waals surface area contributed by atoms with Gasteiger partial charge < -0.3 is 9.84 Å². The third-order valence-electron chi connectivity index (χ3n) is 6.41. The van der Waals surface area contributed by atoms with E-state index in [-0.39, 0.29) is 16.5 Å². The van der Waals surface area contributed by atoms with Gasteiger partial charge >= 0.3 is 0 Å². The van der Waals surface area contributed by atoms with Crippen molar-refractivity contribution in [3.8, 4) is 5.75 Å². The highest BCUT2D eigenvalue weighted by molar-refractivity contribution is 8.00. The SMILES string of the molecule is CCCCOc1cccc(C2C(C(=O)c3sc(C)nc3C)=C(O)C(=O)N2c2nnc(SCc3ccccc3F)s2)c1. The van der Waals surface area contributed by atoms with Crippen LogP contribution in [0.4, 0.5) is 9.52 Å². The van der Waals surface area contributed by atoms with Crippen LogP contribution in [0.25, 0.3) is 0 Å². The Hall–Kier alpha value is -3.61. The van der Waals surface area contributed by atoms with Gasteiger partial charge in [0.15, 0.2) is 10.1 Å². The Labute approximate surface area is 248 Å². The van der Waals surface area contributed by atoms with Crippen LogP contribution in [0.5, 0.6) is 5.75 Å². The maximum Gasteiger partial charge on any atom is 0.296 e. The van der Waals surface area contributed by atoms with Gasteiger partial charge in [0.2, 0.25) is 10.9 Å². The van der Waals surface area contributed by atoms with E-state index in [4.69, 9.17) is 4.74 Å². The van der Waals surface area contributed by atoms with Gasteiger partial charge in [-0.2, -0.15) is 0 Å². The molecule has 0 aliphatic carbocycles. The van der Waals surface area contributed by atoms with Gasteiger partial charge in [0.1, 0.15) is 11.6 Å². The molecule has 1 N–H and O–H groups in total. The van der Waals surface area contributed by atoms with Crippen LogP contribution in [0, 0.1) is 19.7 Å². The third-order valence-corrected chi connectivity index (χ3v) is 9.59. The number of halogens is 1. The van der Waals surface area contributed by atoms with Crippen LogP contribution in [0.2, 0.25) is 0 Å². The lowest BCUT2D eigenvalue weighted by Crippen LogP contribution is -2.31. The fraction of sp³-hybridized carbons (Fsp3) is 0.276. The number of ether oxygens (including phenoxy) is 1. The zero-order valence-electron chi connectivity index (χ0n) is 22.6. The van der Waals surface area contributed by atoms with Crippen LogP contribution in [0.1, 0.15) is 57.3 Å². The molecular formula is C29H27FN4O4S3. The first-order chi connectivity index (χ1) is 19.8. The van der Waals surface area contributed by atoms with Gasteiger partial charge in [0.25, 0.3) is 5.91 Å². The summed E-state index contributed by atoms with van der Waals surface area (Å²) in [5, 5.41) is 20.5. The predicted molar refractivity (Wildman–Crippen MR) is 159 cm³/mol. The fourth-order valence-corrected chi connectivity index (χ4v) is 7.16. The van der Waals surface area contributed by atoms with Crippen LogP contribution in [0.3, 0.4) is 0 Å². The molecule has 0 fully saturated rings. The van der Waals surface area contributed by atoms with Crippen molar-refractivity contribution in [2.75, 3.05) is 11.5 Å². The number of benzene rings is 2. The minimum Gasteiger partial charge on any atom is -0.503 e. The lowest BCUT2D eigenvalue weighted by molar-refractivity contribution is -0.117. The minimum absolute atomic E-state index is 0.0526. The molecule has 1 aliphatic rings. The second-order valence-corrected chi connectivity index (χ2v) is 12.7. The first-order valence-corrected chi connectivity index (χ1v) is 15.6. The van der Waals surface area contributed by atoms with E-state index in [9.17, 15) is 19.1 Å². The van der Waals surface area contributed by atoms with Crippen molar-refractivity contribution < 1.29 is 23.8 Å². The molecule has 0 saturated heterocycles. The first kappa shape index (κ1) is 28.9. The number of thiazole rings is 1. The maximum absolute atomic E-state index is 14.1. The van der Waals surface area contributed by atoms with Crippen LogP contribution in [0.15, 0.2) is 64.2 Å². The largest absolute Gasteiger partial charge is 0.503 e. The number of amides is 1. The number of unbranched alkanes of at least 4 members (excludes halogenated alkanes) is 1. The molecule has 1 unspecified atom stereocenters. The lowest BCUT2D eigenvalue weighted by atomic mass is 9.95. The molecular weight excluding hydrogens is 584 g/mol. The lowest BCUT2D eigenvalue weighted by Gasteiger charge is -2.24.